The molecule has 1 N–H and O–H groups in total. The second kappa shape index (κ2) is 12.5. The maximum Gasteiger partial charge on any atom is 0.271 e. The molecule has 2 aromatic rings. The number of hydrogen-bond acceptors (Lipinski definition) is 3. The number of halogens is 2. The highest BCUT2D eigenvalue weighted by atomic mass is 35.5. The van der Waals surface area contributed by atoms with Crippen LogP contribution in [-0.4, -0.2) is 18.7 Å². The highest BCUT2D eigenvalue weighted by molar-refractivity contribution is 6.37. The number of hydrogen-bond donors (Lipinski definition) is 1. The molecule has 0 radical (unpaired) electrons. The van der Waals surface area contributed by atoms with Gasteiger partial charge in [0.15, 0.2) is 5.75 Å². The number of rotatable bonds is 11. The summed E-state index contributed by atoms with van der Waals surface area (Å²) < 4.78 is 5.76. The molecule has 0 heterocycles. The van der Waals surface area contributed by atoms with Crippen molar-refractivity contribution >= 4 is 35.3 Å². The molecule has 6 heteroatoms. The van der Waals surface area contributed by atoms with E-state index in [1.807, 2.05) is 19.1 Å². The lowest BCUT2D eigenvalue weighted by Crippen LogP contribution is -2.17. The van der Waals surface area contributed by atoms with Crippen molar-refractivity contribution < 1.29 is 9.53 Å². The molecule has 2 aromatic carbocycles. The molecule has 0 aromatic heterocycles. The van der Waals surface area contributed by atoms with Gasteiger partial charge in [-0.15, -0.1) is 0 Å². The van der Waals surface area contributed by atoms with E-state index in [4.69, 9.17) is 27.9 Å². The van der Waals surface area contributed by atoms with Gasteiger partial charge >= 0.3 is 0 Å². The van der Waals surface area contributed by atoms with Crippen molar-refractivity contribution in [3.8, 4) is 5.75 Å². The number of carbonyl (C=O) groups is 1. The molecule has 0 spiro atoms. The Bertz CT molecular complexity index is 797. The second-order valence-electron chi connectivity index (χ2n) is 7.00. The van der Waals surface area contributed by atoms with Crippen LogP contribution in [0.1, 0.15) is 66.9 Å². The number of nitrogens with zero attached hydrogens (tertiary/aromatic N) is 1. The summed E-state index contributed by atoms with van der Waals surface area (Å²) in [6, 6.07) is 10.7. The number of ether oxygens (including phenoxy) is 1. The van der Waals surface area contributed by atoms with Gasteiger partial charge in [-0.2, -0.15) is 5.10 Å². The molecule has 0 aliphatic rings. The van der Waals surface area contributed by atoms with Gasteiger partial charge in [0.1, 0.15) is 0 Å². The summed E-state index contributed by atoms with van der Waals surface area (Å²) in [5, 5.41) is 4.83. The zero-order chi connectivity index (χ0) is 21.1. The Morgan fingerprint density at radius 2 is 1.66 bits per heavy atom. The van der Waals surface area contributed by atoms with Crippen molar-refractivity contribution in [2.45, 2.75) is 52.4 Å². The summed E-state index contributed by atoms with van der Waals surface area (Å²) in [6.45, 7) is 4.76. The predicted octanol–water partition coefficient (Wildman–Crippen LogP) is 6.81. The fourth-order valence-electron chi connectivity index (χ4n) is 2.78. The lowest BCUT2D eigenvalue weighted by Gasteiger charge is -2.10. The van der Waals surface area contributed by atoms with E-state index >= 15 is 0 Å². The van der Waals surface area contributed by atoms with Gasteiger partial charge in [0.2, 0.25) is 0 Å². The zero-order valence-electron chi connectivity index (χ0n) is 17.0. The van der Waals surface area contributed by atoms with E-state index in [1.54, 1.807) is 24.3 Å². The van der Waals surface area contributed by atoms with Crippen molar-refractivity contribution in [1.29, 1.82) is 0 Å². The Balaban J connectivity index is 1.85. The van der Waals surface area contributed by atoms with E-state index in [9.17, 15) is 4.79 Å². The summed E-state index contributed by atoms with van der Waals surface area (Å²) in [6.07, 6.45) is 8.64. The number of nitrogens with one attached hydrogen (secondary N) is 1. The minimum atomic E-state index is -0.280. The standard InChI is InChI=1S/C23H28Cl2N2O2/c1-3-4-5-6-7-8-13-29-22-20(24)14-18(15-21(22)25)16-26-27-23(28)19-11-9-17(2)10-12-19/h9-12,14-16H,3-8,13H2,1-2H3,(H,27,28)/b26-16+. The van der Waals surface area contributed by atoms with Crippen molar-refractivity contribution in [2.24, 2.45) is 5.10 Å². The molecule has 0 saturated heterocycles. The van der Waals surface area contributed by atoms with E-state index in [-0.39, 0.29) is 5.91 Å². The fraction of sp³-hybridized carbons (Fsp3) is 0.391. The summed E-state index contributed by atoms with van der Waals surface area (Å²) in [4.78, 5) is 12.1. The van der Waals surface area contributed by atoms with E-state index in [1.165, 1.54) is 31.9 Å². The van der Waals surface area contributed by atoms with Crippen LogP contribution in [-0.2, 0) is 0 Å². The van der Waals surface area contributed by atoms with Crippen molar-refractivity contribution in [1.82, 2.24) is 5.43 Å². The third-order valence-corrected chi connectivity index (χ3v) is 5.02. The number of carbonyl (C=O) groups excluding carboxylic acids is 1. The summed E-state index contributed by atoms with van der Waals surface area (Å²) in [7, 11) is 0. The van der Waals surface area contributed by atoms with Crippen LogP contribution in [0.4, 0.5) is 0 Å². The van der Waals surface area contributed by atoms with Gasteiger partial charge in [-0.3, -0.25) is 4.79 Å². The molecule has 4 nitrogen and oxygen atoms in total. The van der Waals surface area contributed by atoms with Crippen LogP contribution >= 0.6 is 23.2 Å². The lowest BCUT2D eigenvalue weighted by molar-refractivity contribution is 0.0955. The molecule has 0 unspecified atom stereocenters. The molecular formula is C23H28Cl2N2O2. The maximum absolute atomic E-state index is 12.1. The first-order valence-corrected chi connectivity index (χ1v) is 10.8. The quantitative estimate of drug-likeness (QED) is 0.240. The van der Waals surface area contributed by atoms with Crippen molar-refractivity contribution in [3.63, 3.8) is 0 Å². The van der Waals surface area contributed by atoms with Gasteiger partial charge in [0.25, 0.3) is 5.91 Å². The van der Waals surface area contributed by atoms with Crippen LogP contribution in [0.5, 0.6) is 5.75 Å². The van der Waals surface area contributed by atoms with Gasteiger partial charge in [-0.1, -0.05) is 79.9 Å². The summed E-state index contributed by atoms with van der Waals surface area (Å²) in [5.74, 6) is 0.208. The first-order chi connectivity index (χ1) is 14.0. The average Bonchev–Trinajstić information content (AvgIpc) is 2.69. The van der Waals surface area contributed by atoms with Gasteiger partial charge in [-0.05, 0) is 43.2 Å². The van der Waals surface area contributed by atoms with Gasteiger partial charge < -0.3 is 4.74 Å². The third-order valence-electron chi connectivity index (χ3n) is 4.46. The predicted molar refractivity (Wildman–Crippen MR) is 122 cm³/mol. The second-order valence-corrected chi connectivity index (χ2v) is 7.81. The fourth-order valence-corrected chi connectivity index (χ4v) is 3.40. The molecule has 29 heavy (non-hydrogen) atoms. The monoisotopic (exact) mass is 434 g/mol. The Kier molecular flexibility index (Phi) is 10.0. The number of aryl methyl sites for hydroxylation is 1. The van der Waals surface area contributed by atoms with Crippen LogP contribution in [0, 0.1) is 6.92 Å². The molecule has 0 aliphatic carbocycles. The first-order valence-electron chi connectivity index (χ1n) is 10.0. The topological polar surface area (TPSA) is 50.7 Å². The van der Waals surface area contributed by atoms with Crippen LogP contribution in [0.25, 0.3) is 0 Å². The number of amides is 1. The molecule has 156 valence electrons. The Labute approximate surface area is 183 Å². The Morgan fingerprint density at radius 3 is 2.31 bits per heavy atom. The third kappa shape index (κ3) is 8.08. The number of benzene rings is 2. The van der Waals surface area contributed by atoms with E-state index < -0.39 is 0 Å². The number of hydrazone groups is 1. The van der Waals surface area contributed by atoms with Crippen LogP contribution < -0.4 is 10.2 Å². The molecule has 0 aliphatic heterocycles. The lowest BCUT2D eigenvalue weighted by atomic mass is 10.1. The normalized spacial score (nSPS) is 11.0. The highest BCUT2D eigenvalue weighted by Gasteiger charge is 2.09. The molecule has 0 bridgehead atoms. The molecular weight excluding hydrogens is 407 g/mol. The number of unbranched alkanes of at least 4 members (excludes halogenated alkanes) is 5. The first kappa shape index (κ1) is 23.2. The van der Waals surface area contributed by atoms with Gasteiger partial charge in [0, 0.05) is 5.56 Å². The molecule has 0 saturated carbocycles. The van der Waals surface area contributed by atoms with Crippen LogP contribution in [0.15, 0.2) is 41.5 Å². The summed E-state index contributed by atoms with van der Waals surface area (Å²) >= 11 is 12.6. The van der Waals surface area contributed by atoms with Crippen molar-refractivity contribution in [3.05, 3.63) is 63.1 Å². The molecule has 1 amide bonds. The molecule has 0 fully saturated rings. The van der Waals surface area contributed by atoms with Crippen LogP contribution in [0.2, 0.25) is 10.0 Å². The van der Waals surface area contributed by atoms with E-state index in [2.05, 4.69) is 17.5 Å². The SMILES string of the molecule is CCCCCCCCOc1c(Cl)cc(/C=N/NC(=O)c2ccc(C)cc2)cc1Cl. The zero-order valence-corrected chi connectivity index (χ0v) is 18.5. The Morgan fingerprint density at radius 1 is 1.03 bits per heavy atom. The van der Waals surface area contributed by atoms with Crippen molar-refractivity contribution in [2.75, 3.05) is 6.61 Å². The maximum atomic E-state index is 12.1. The summed E-state index contributed by atoms with van der Waals surface area (Å²) in [5.41, 5.74) is 4.81. The Hall–Kier alpha value is -2.04. The van der Waals surface area contributed by atoms with Crippen LogP contribution in [0.3, 0.4) is 0 Å². The minimum absolute atomic E-state index is 0.280. The van der Waals surface area contributed by atoms with E-state index in [0.717, 1.165) is 18.4 Å². The van der Waals surface area contributed by atoms with Gasteiger partial charge in [0.05, 0.1) is 22.9 Å². The largest absolute Gasteiger partial charge is 0.490 e. The van der Waals surface area contributed by atoms with E-state index in [0.29, 0.717) is 33.5 Å². The minimum Gasteiger partial charge on any atom is -0.490 e. The molecule has 0 atom stereocenters. The molecule has 2 rings (SSSR count). The smallest absolute Gasteiger partial charge is 0.271 e. The highest BCUT2D eigenvalue weighted by Crippen LogP contribution is 2.34. The average molecular weight is 435 g/mol. The van der Waals surface area contributed by atoms with Gasteiger partial charge in [-0.25, -0.2) is 5.43 Å².